The van der Waals surface area contributed by atoms with E-state index in [1.54, 1.807) is 30.3 Å². The summed E-state index contributed by atoms with van der Waals surface area (Å²) in [6.45, 7) is 0. The van der Waals surface area contributed by atoms with Gasteiger partial charge in [0.2, 0.25) is 0 Å². The molecule has 0 aliphatic heterocycles. The number of rotatable bonds is 5. The molecule has 2 aromatic carbocycles. The van der Waals surface area contributed by atoms with Gasteiger partial charge in [-0.1, -0.05) is 42.5 Å². The third-order valence-corrected chi connectivity index (χ3v) is 7.03. The van der Waals surface area contributed by atoms with Crippen LogP contribution in [0.1, 0.15) is 11.1 Å². The van der Waals surface area contributed by atoms with Crippen LogP contribution in [0.25, 0.3) is 10.1 Å². The lowest BCUT2D eigenvalue weighted by molar-refractivity contribution is -0.139. The van der Waals surface area contributed by atoms with Crippen molar-refractivity contribution in [3.8, 4) is 0 Å². The maximum atomic E-state index is 12.6. The number of hydrogen-bond acceptors (Lipinski definition) is 5. The van der Waals surface area contributed by atoms with Crippen molar-refractivity contribution in [1.82, 2.24) is 0 Å². The summed E-state index contributed by atoms with van der Waals surface area (Å²) in [7, 11) is -2.05. The Hall–Kier alpha value is -2.18. The average Bonchev–Trinajstić information content (AvgIpc) is 3.01. The van der Waals surface area contributed by atoms with Crippen LogP contribution in [0.4, 0.5) is 0 Å². The number of benzene rings is 2. The van der Waals surface area contributed by atoms with Gasteiger partial charge in [-0.15, -0.1) is 11.3 Å². The third-order valence-electron chi connectivity index (χ3n) is 3.67. The van der Waals surface area contributed by atoms with E-state index in [4.69, 9.17) is 0 Å². The van der Waals surface area contributed by atoms with Gasteiger partial charge in [0.1, 0.15) is 4.21 Å². The van der Waals surface area contributed by atoms with Gasteiger partial charge >= 0.3 is 5.97 Å². The van der Waals surface area contributed by atoms with Crippen LogP contribution in [-0.4, -0.2) is 21.5 Å². The Balaban J connectivity index is 1.80. The van der Waals surface area contributed by atoms with Gasteiger partial charge in [0.15, 0.2) is 9.84 Å². The summed E-state index contributed by atoms with van der Waals surface area (Å²) in [6.07, 6.45) is 0.180. The molecule has 124 valence electrons. The van der Waals surface area contributed by atoms with Crippen LogP contribution in [0.15, 0.2) is 58.8 Å². The van der Waals surface area contributed by atoms with Crippen molar-refractivity contribution in [3.63, 3.8) is 0 Å². The Morgan fingerprint density at radius 1 is 1.04 bits per heavy atom. The molecule has 0 saturated carbocycles. The van der Waals surface area contributed by atoms with Gasteiger partial charge in [0.05, 0.1) is 19.3 Å². The molecular weight excluding hydrogens is 344 g/mol. The van der Waals surface area contributed by atoms with Crippen LogP contribution in [0.3, 0.4) is 0 Å². The van der Waals surface area contributed by atoms with E-state index in [0.717, 1.165) is 15.6 Å². The number of ether oxygens (including phenoxy) is 1. The number of methoxy groups -OCH3 is 1. The number of thiophene rings is 1. The highest BCUT2D eigenvalue weighted by molar-refractivity contribution is 7.92. The second-order valence-electron chi connectivity index (χ2n) is 5.43. The first-order chi connectivity index (χ1) is 11.5. The van der Waals surface area contributed by atoms with Crippen LogP contribution in [0.5, 0.6) is 0 Å². The van der Waals surface area contributed by atoms with E-state index in [-0.39, 0.29) is 18.1 Å². The van der Waals surface area contributed by atoms with E-state index in [1.807, 2.05) is 24.3 Å². The van der Waals surface area contributed by atoms with Crippen molar-refractivity contribution >= 4 is 37.2 Å². The summed E-state index contributed by atoms with van der Waals surface area (Å²) >= 11 is 1.29. The van der Waals surface area contributed by atoms with Crippen LogP contribution < -0.4 is 0 Å². The zero-order chi connectivity index (χ0) is 17.2. The molecular formula is C18H16O4S2. The lowest BCUT2D eigenvalue weighted by Crippen LogP contribution is -2.05. The molecule has 0 aliphatic rings. The quantitative estimate of drug-likeness (QED) is 0.653. The molecule has 0 spiro atoms. The molecule has 0 bridgehead atoms. The fraction of sp³-hybridized carbons (Fsp3) is 0.167. The summed E-state index contributed by atoms with van der Waals surface area (Å²) in [5.74, 6) is -0.376. The molecule has 4 nitrogen and oxygen atoms in total. The average molecular weight is 360 g/mol. The fourth-order valence-corrected chi connectivity index (χ4v) is 5.22. The molecule has 3 aromatic rings. The zero-order valence-corrected chi connectivity index (χ0v) is 14.7. The zero-order valence-electron chi connectivity index (χ0n) is 13.1. The molecule has 0 amide bonds. The summed E-state index contributed by atoms with van der Waals surface area (Å²) in [5, 5.41) is 0.939. The first-order valence-corrected chi connectivity index (χ1v) is 9.81. The molecule has 24 heavy (non-hydrogen) atoms. The standard InChI is InChI=1S/C18H16O4S2/c1-22-17(19)10-13-6-8-14(9-7-13)12-24(20,21)18-11-15-4-2-3-5-16(15)23-18/h2-9,11H,10,12H2,1H3. The molecule has 3 rings (SSSR count). The molecule has 6 heteroatoms. The van der Waals surface area contributed by atoms with Crippen molar-refractivity contribution < 1.29 is 17.9 Å². The monoisotopic (exact) mass is 360 g/mol. The first-order valence-electron chi connectivity index (χ1n) is 7.34. The second kappa shape index (κ2) is 6.75. The van der Waals surface area contributed by atoms with Gasteiger partial charge < -0.3 is 4.74 Å². The number of hydrogen-bond donors (Lipinski definition) is 0. The van der Waals surface area contributed by atoms with Crippen LogP contribution >= 0.6 is 11.3 Å². The van der Waals surface area contributed by atoms with Crippen molar-refractivity contribution in [2.45, 2.75) is 16.4 Å². The summed E-state index contributed by atoms with van der Waals surface area (Å²) in [6, 6.07) is 16.3. The molecule has 0 atom stereocenters. The van der Waals surface area contributed by atoms with E-state index in [2.05, 4.69) is 4.74 Å². The molecule has 1 aromatic heterocycles. The highest BCUT2D eigenvalue weighted by Gasteiger charge is 2.18. The number of esters is 1. The Bertz CT molecular complexity index is 937. The van der Waals surface area contributed by atoms with Crippen molar-refractivity contribution in [3.05, 3.63) is 65.7 Å². The SMILES string of the molecule is COC(=O)Cc1ccc(CS(=O)(=O)c2cc3ccccc3s2)cc1. The lowest BCUT2D eigenvalue weighted by atomic mass is 10.1. The highest BCUT2D eigenvalue weighted by atomic mass is 32.2. The minimum atomic E-state index is -3.39. The van der Waals surface area contributed by atoms with Gasteiger partial charge in [-0.25, -0.2) is 8.42 Å². The molecule has 0 N–H and O–H groups in total. The predicted molar refractivity (Wildman–Crippen MR) is 94.9 cm³/mol. The summed E-state index contributed by atoms with van der Waals surface area (Å²) in [4.78, 5) is 11.2. The van der Waals surface area contributed by atoms with Gasteiger partial charge in [-0.3, -0.25) is 4.79 Å². The molecule has 0 fully saturated rings. The maximum Gasteiger partial charge on any atom is 0.309 e. The minimum Gasteiger partial charge on any atom is -0.469 e. The summed E-state index contributed by atoms with van der Waals surface area (Å²) in [5.41, 5.74) is 1.49. The fourth-order valence-electron chi connectivity index (χ4n) is 2.39. The van der Waals surface area contributed by atoms with E-state index in [9.17, 15) is 13.2 Å². The molecule has 0 aliphatic carbocycles. The van der Waals surface area contributed by atoms with Crippen LogP contribution in [0.2, 0.25) is 0 Å². The first kappa shape index (κ1) is 16.7. The normalized spacial score (nSPS) is 11.5. The van der Waals surface area contributed by atoms with Crippen LogP contribution in [0, 0.1) is 0 Å². The minimum absolute atomic E-state index is 0.0572. The number of carbonyl (C=O) groups excluding carboxylic acids is 1. The predicted octanol–water partition coefficient (Wildman–Crippen LogP) is 3.59. The molecule has 1 heterocycles. The topological polar surface area (TPSA) is 60.4 Å². The smallest absolute Gasteiger partial charge is 0.309 e. The van der Waals surface area contributed by atoms with Gasteiger partial charge in [0.25, 0.3) is 0 Å². The van der Waals surface area contributed by atoms with Gasteiger partial charge in [0, 0.05) is 4.70 Å². The molecule has 0 saturated heterocycles. The largest absolute Gasteiger partial charge is 0.469 e. The van der Waals surface area contributed by atoms with Crippen molar-refractivity contribution in [1.29, 1.82) is 0 Å². The van der Waals surface area contributed by atoms with E-state index in [0.29, 0.717) is 9.77 Å². The Morgan fingerprint density at radius 2 is 1.71 bits per heavy atom. The molecule has 0 unspecified atom stereocenters. The lowest BCUT2D eigenvalue weighted by Gasteiger charge is -2.04. The van der Waals surface area contributed by atoms with E-state index < -0.39 is 9.84 Å². The Morgan fingerprint density at radius 3 is 2.38 bits per heavy atom. The van der Waals surface area contributed by atoms with Crippen LogP contribution in [-0.2, 0) is 31.5 Å². The Kier molecular flexibility index (Phi) is 4.69. The van der Waals surface area contributed by atoms with Gasteiger partial charge in [-0.2, -0.15) is 0 Å². The molecule has 0 radical (unpaired) electrons. The van der Waals surface area contributed by atoms with Crippen molar-refractivity contribution in [2.24, 2.45) is 0 Å². The summed E-state index contributed by atoms with van der Waals surface area (Å²) < 4.78 is 31.2. The number of carbonyl (C=O) groups is 1. The Labute approximate surface area is 144 Å². The van der Waals surface area contributed by atoms with E-state index >= 15 is 0 Å². The van der Waals surface area contributed by atoms with Gasteiger partial charge in [-0.05, 0) is 28.6 Å². The third kappa shape index (κ3) is 3.66. The second-order valence-corrected chi connectivity index (χ2v) is 8.73. The van der Waals surface area contributed by atoms with Crippen molar-refractivity contribution in [2.75, 3.05) is 7.11 Å². The number of sulfone groups is 1. The highest BCUT2D eigenvalue weighted by Crippen LogP contribution is 2.30. The van der Waals surface area contributed by atoms with E-state index in [1.165, 1.54) is 18.4 Å². The maximum absolute atomic E-state index is 12.6. The number of fused-ring (bicyclic) bond motifs is 1.